The smallest absolute Gasteiger partial charge is 0.264 e. The molecule has 0 saturated carbocycles. The molecule has 1 amide bonds. The van der Waals surface area contributed by atoms with Gasteiger partial charge >= 0.3 is 0 Å². The SMILES string of the molecule is CC(NCc1ccc(OCc2cccc(F)c2)cc1)C(N)=O.CCS(=O)(=O)O. The van der Waals surface area contributed by atoms with E-state index in [1.165, 1.54) is 19.1 Å². The van der Waals surface area contributed by atoms with Gasteiger partial charge in [0.2, 0.25) is 5.91 Å². The van der Waals surface area contributed by atoms with E-state index >= 15 is 0 Å². The molecule has 7 nitrogen and oxygen atoms in total. The molecule has 2 aromatic carbocycles. The van der Waals surface area contributed by atoms with Crippen LogP contribution in [-0.4, -0.2) is 30.7 Å². The second-order valence-electron chi connectivity index (χ2n) is 5.94. The molecule has 0 aromatic heterocycles. The number of rotatable bonds is 8. The van der Waals surface area contributed by atoms with Crippen molar-refractivity contribution in [3.05, 3.63) is 65.5 Å². The van der Waals surface area contributed by atoms with Gasteiger partial charge in [0.1, 0.15) is 18.2 Å². The third kappa shape index (κ3) is 10.0. The highest BCUT2D eigenvalue weighted by Crippen LogP contribution is 2.14. The molecule has 0 spiro atoms. The molecule has 0 heterocycles. The van der Waals surface area contributed by atoms with E-state index in [9.17, 15) is 17.6 Å². The Morgan fingerprint density at radius 1 is 1.21 bits per heavy atom. The Morgan fingerprint density at radius 2 is 1.82 bits per heavy atom. The Balaban J connectivity index is 0.000000568. The predicted molar refractivity (Wildman–Crippen MR) is 105 cm³/mol. The third-order valence-electron chi connectivity index (χ3n) is 3.62. The van der Waals surface area contributed by atoms with Gasteiger partial charge in [-0.1, -0.05) is 24.3 Å². The molecule has 28 heavy (non-hydrogen) atoms. The topological polar surface area (TPSA) is 119 Å². The largest absolute Gasteiger partial charge is 0.489 e. The molecule has 9 heteroatoms. The monoisotopic (exact) mass is 412 g/mol. The van der Waals surface area contributed by atoms with Gasteiger partial charge in [-0.25, -0.2) is 4.39 Å². The first-order chi connectivity index (χ1) is 13.1. The normalized spacial score (nSPS) is 11.9. The first-order valence-electron chi connectivity index (χ1n) is 8.54. The molecular formula is C19H25FN2O5S. The van der Waals surface area contributed by atoms with Gasteiger partial charge in [-0.3, -0.25) is 9.35 Å². The average molecular weight is 412 g/mol. The maximum absolute atomic E-state index is 13.1. The fourth-order valence-corrected chi connectivity index (χ4v) is 1.87. The van der Waals surface area contributed by atoms with Crippen molar-refractivity contribution >= 4 is 16.0 Å². The van der Waals surface area contributed by atoms with Crippen LogP contribution in [0.5, 0.6) is 5.75 Å². The second kappa shape index (κ2) is 11.4. The van der Waals surface area contributed by atoms with E-state index in [1.807, 2.05) is 30.3 Å². The molecule has 0 saturated heterocycles. The lowest BCUT2D eigenvalue weighted by molar-refractivity contribution is -0.119. The molecule has 0 radical (unpaired) electrons. The van der Waals surface area contributed by atoms with Gasteiger partial charge in [-0.2, -0.15) is 8.42 Å². The van der Waals surface area contributed by atoms with E-state index in [2.05, 4.69) is 5.32 Å². The van der Waals surface area contributed by atoms with Gasteiger partial charge in [0, 0.05) is 6.54 Å². The molecule has 0 aliphatic carbocycles. The summed E-state index contributed by atoms with van der Waals surface area (Å²) in [5, 5.41) is 3.02. The fraction of sp³-hybridized carbons (Fsp3) is 0.316. The molecule has 0 aliphatic heterocycles. The summed E-state index contributed by atoms with van der Waals surface area (Å²) in [6, 6.07) is 13.4. The van der Waals surface area contributed by atoms with E-state index in [0.717, 1.165) is 11.1 Å². The summed E-state index contributed by atoms with van der Waals surface area (Å²) >= 11 is 0. The van der Waals surface area contributed by atoms with Crippen LogP contribution in [0.15, 0.2) is 48.5 Å². The first-order valence-corrected chi connectivity index (χ1v) is 10.2. The molecule has 2 aromatic rings. The minimum Gasteiger partial charge on any atom is -0.489 e. The molecule has 4 N–H and O–H groups in total. The summed E-state index contributed by atoms with van der Waals surface area (Å²) in [4.78, 5) is 10.9. The average Bonchev–Trinajstić information content (AvgIpc) is 2.65. The number of benzene rings is 2. The van der Waals surface area contributed by atoms with Crippen molar-refractivity contribution in [1.82, 2.24) is 5.32 Å². The van der Waals surface area contributed by atoms with Crippen LogP contribution in [0.4, 0.5) is 4.39 Å². The van der Waals surface area contributed by atoms with Crippen molar-refractivity contribution in [2.24, 2.45) is 5.73 Å². The van der Waals surface area contributed by atoms with Crippen LogP contribution in [0.2, 0.25) is 0 Å². The number of hydrogen-bond acceptors (Lipinski definition) is 5. The highest BCUT2D eigenvalue weighted by Gasteiger charge is 2.07. The van der Waals surface area contributed by atoms with Crippen molar-refractivity contribution in [3.8, 4) is 5.75 Å². The Hall–Kier alpha value is -2.49. The number of nitrogens with two attached hydrogens (primary N) is 1. The Labute approximate surface area is 164 Å². The van der Waals surface area contributed by atoms with Crippen LogP contribution in [0.3, 0.4) is 0 Å². The number of ether oxygens (including phenoxy) is 1. The van der Waals surface area contributed by atoms with Crippen molar-refractivity contribution in [3.63, 3.8) is 0 Å². The molecule has 0 bridgehead atoms. The molecule has 1 unspecified atom stereocenters. The van der Waals surface area contributed by atoms with Gasteiger partial charge in [0.05, 0.1) is 11.8 Å². The fourth-order valence-electron chi connectivity index (χ4n) is 1.87. The summed E-state index contributed by atoms with van der Waals surface area (Å²) in [6.07, 6.45) is 0. The van der Waals surface area contributed by atoms with Crippen LogP contribution in [-0.2, 0) is 28.1 Å². The quantitative estimate of drug-likeness (QED) is 0.572. The van der Waals surface area contributed by atoms with E-state index < -0.39 is 10.1 Å². The van der Waals surface area contributed by atoms with Gasteiger partial charge in [0.25, 0.3) is 10.1 Å². The van der Waals surface area contributed by atoms with Gasteiger partial charge in [0.15, 0.2) is 0 Å². The Kier molecular flexibility index (Phi) is 9.57. The number of nitrogens with one attached hydrogen (secondary N) is 1. The van der Waals surface area contributed by atoms with Crippen molar-refractivity contribution in [2.45, 2.75) is 33.0 Å². The van der Waals surface area contributed by atoms with Crippen molar-refractivity contribution in [2.75, 3.05) is 5.75 Å². The predicted octanol–water partition coefficient (Wildman–Crippen LogP) is 2.26. The molecular weight excluding hydrogens is 387 g/mol. The standard InChI is InChI=1S/C17H19FN2O2.C2H6O3S/c1-12(17(19)21)20-10-13-5-7-16(8-6-13)22-11-14-3-2-4-15(18)9-14;1-2-6(3,4)5/h2-9,12,20H,10-11H2,1H3,(H2,19,21);2H2,1H3,(H,3,4,5). The van der Waals surface area contributed by atoms with Crippen molar-refractivity contribution < 1.29 is 26.9 Å². The minimum atomic E-state index is -3.66. The number of carbonyl (C=O) groups is 1. The number of hydrogen-bond donors (Lipinski definition) is 3. The summed E-state index contributed by atoms with van der Waals surface area (Å²) in [5.41, 5.74) is 6.98. The molecule has 1 atom stereocenters. The highest BCUT2D eigenvalue weighted by molar-refractivity contribution is 7.85. The van der Waals surface area contributed by atoms with E-state index in [0.29, 0.717) is 18.9 Å². The highest BCUT2D eigenvalue weighted by atomic mass is 32.2. The van der Waals surface area contributed by atoms with Crippen LogP contribution < -0.4 is 15.8 Å². The first kappa shape index (κ1) is 23.5. The zero-order valence-electron chi connectivity index (χ0n) is 15.8. The molecule has 2 rings (SSSR count). The van der Waals surface area contributed by atoms with Gasteiger partial charge in [-0.05, 0) is 49.2 Å². The van der Waals surface area contributed by atoms with Crippen LogP contribution in [0.1, 0.15) is 25.0 Å². The summed E-state index contributed by atoms with van der Waals surface area (Å²) in [5.74, 6) is -0.149. The maximum Gasteiger partial charge on any atom is 0.264 e. The Morgan fingerprint density at radius 3 is 2.32 bits per heavy atom. The number of primary amides is 1. The second-order valence-corrected chi connectivity index (χ2v) is 7.68. The number of amides is 1. The molecule has 154 valence electrons. The lowest BCUT2D eigenvalue weighted by Crippen LogP contribution is -2.38. The molecule has 0 fully saturated rings. The Bertz CT molecular complexity index is 857. The van der Waals surface area contributed by atoms with E-state index in [4.69, 9.17) is 15.0 Å². The lowest BCUT2D eigenvalue weighted by atomic mass is 10.2. The third-order valence-corrected chi connectivity index (χ3v) is 4.35. The lowest BCUT2D eigenvalue weighted by Gasteiger charge is -2.11. The zero-order valence-corrected chi connectivity index (χ0v) is 16.6. The minimum absolute atomic E-state index is 0.201. The maximum atomic E-state index is 13.1. The molecule has 0 aliphatic rings. The summed E-state index contributed by atoms with van der Waals surface area (Å²) in [6.45, 7) is 3.95. The van der Waals surface area contributed by atoms with Crippen molar-refractivity contribution in [1.29, 1.82) is 0 Å². The van der Waals surface area contributed by atoms with Gasteiger partial charge < -0.3 is 15.8 Å². The number of carbonyl (C=O) groups excluding carboxylic acids is 1. The summed E-state index contributed by atoms with van der Waals surface area (Å²) in [7, 11) is -3.66. The zero-order chi connectivity index (χ0) is 21.2. The van der Waals surface area contributed by atoms with Crippen LogP contribution in [0.25, 0.3) is 0 Å². The van der Waals surface area contributed by atoms with Gasteiger partial charge in [-0.15, -0.1) is 0 Å². The number of halogens is 1. The van der Waals surface area contributed by atoms with Crippen LogP contribution >= 0.6 is 0 Å². The van der Waals surface area contributed by atoms with E-state index in [-0.39, 0.29) is 23.5 Å². The van der Waals surface area contributed by atoms with Crippen LogP contribution in [0, 0.1) is 5.82 Å². The van der Waals surface area contributed by atoms with E-state index in [1.54, 1.807) is 13.0 Å². The summed E-state index contributed by atoms with van der Waals surface area (Å²) < 4.78 is 45.6.